The van der Waals surface area contributed by atoms with Crippen LogP contribution in [0.1, 0.15) is 75.1 Å². The van der Waals surface area contributed by atoms with Gasteiger partial charge in [-0.15, -0.1) is 0 Å². The fourth-order valence-electron chi connectivity index (χ4n) is 7.84. The minimum absolute atomic E-state index is 0.134. The first-order chi connectivity index (χ1) is 19.7. The Balaban J connectivity index is 1.72. The number of benzene rings is 2. The zero-order chi connectivity index (χ0) is 30.7. The third-order valence-electron chi connectivity index (χ3n) is 9.71. The molecule has 42 heavy (non-hydrogen) atoms. The summed E-state index contributed by atoms with van der Waals surface area (Å²) in [5.74, 6) is -3.64. The highest BCUT2D eigenvalue weighted by atomic mass is 16.6. The van der Waals surface area contributed by atoms with Crippen LogP contribution in [0.15, 0.2) is 60.7 Å². The zero-order valence-electron chi connectivity index (χ0n) is 24.8. The molecule has 3 fully saturated rings. The van der Waals surface area contributed by atoms with Gasteiger partial charge in [0.05, 0.1) is 33.7 Å². The minimum Gasteiger partial charge on any atom is -0.459 e. The average molecular weight is 579 g/mol. The van der Waals surface area contributed by atoms with Crippen molar-refractivity contribution in [2.45, 2.75) is 89.5 Å². The summed E-state index contributed by atoms with van der Waals surface area (Å²) in [6.45, 7) is 9.59. The summed E-state index contributed by atoms with van der Waals surface area (Å²) in [7, 11) is 0. The van der Waals surface area contributed by atoms with Crippen LogP contribution in [-0.4, -0.2) is 63.9 Å². The number of carbonyl (C=O) groups excluding carboxylic acids is 4. The molecule has 2 bridgehead atoms. The van der Waals surface area contributed by atoms with E-state index in [9.17, 15) is 24.3 Å². The standard InChI is InChI=1S/C33H38O9/c1-19(34)23-18-31(5,38)33-27(39-20(2)35)24(30(3,4)42-33)17-25(40-28(36)21-13-9-7-10-14-21)32(33,6)26(23)41-29(37)22-15-11-8-12-16-22/h7-16,23-27,38H,17-18H2,1-6H3/t23-,24+,25-,26-,27+,31-,32+,33-/m0/s1. The van der Waals surface area contributed by atoms with Gasteiger partial charge < -0.3 is 24.1 Å². The Morgan fingerprint density at radius 1 is 0.786 bits per heavy atom. The quantitative estimate of drug-likeness (QED) is 0.394. The van der Waals surface area contributed by atoms with Gasteiger partial charge in [0.1, 0.15) is 29.7 Å². The van der Waals surface area contributed by atoms with Gasteiger partial charge in [0.15, 0.2) is 0 Å². The van der Waals surface area contributed by atoms with Gasteiger partial charge in [-0.1, -0.05) is 36.4 Å². The molecule has 1 spiro atoms. The Bertz CT molecular complexity index is 1380. The molecule has 0 amide bonds. The van der Waals surface area contributed by atoms with Crippen molar-refractivity contribution in [2.24, 2.45) is 17.3 Å². The van der Waals surface area contributed by atoms with E-state index in [1.807, 2.05) is 13.8 Å². The van der Waals surface area contributed by atoms with E-state index in [1.165, 1.54) is 13.8 Å². The van der Waals surface area contributed by atoms with Crippen molar-refractivity contribution in [1.29, 1.82) is 0 Å². The highest BCUT2D eigenvalue weighted by molar-refractivity contribution is 5.90. The number of esters is 3. The first-order valence-corrected chi connectivity index (χ1v) is 14.3. The van der Waals surface area contributed by atoms with E-state index in [-0.39, 0.29) is 24.2 Å². The summed E-state index contributed by atoms with van der Waals surface area (Å²) in [4.78, 5) is 52.8. The van der Waals surface area contributed by atoms with Gasteiger partial charge in [-0.2, -0.15) is 0 Å². The summed E-state index contributed by atoms with van der Waals surface area (Å²) in [6, 6.07) is 16.8. The number of Topliss-reactive ketones (excluding diaryl/α,β-unsaturated/α-hetero) is 1. The van der Waals surface area contributed by atoms with Crippen LogP contribution in [0.25, 0.3) is 0 Å². The van der Waals surface area contributed by atoms with Crippen LogP contribution < -0.4 is 0 Å². The summed E-state index contributed by atoms with van der Waals surface area (Å²) in [6.07, 6.45) is -3.15. The van der Waals surface area contributed by atoms with E-state index in [1.54, 1.807) is 74.5 Å². The lowest BCUT2D eigenvalue weighted by atomic mass is 9.45. The van der Waals surface area contributed by atoms with E-state index in [2.05, 4.69) is 0 Å². The molecule has 224 valence electrons. The van der Waals surface area contributed by atoms with E-state index in [0.29, 0.717) is 5.56 Å². The smallest absolute Gasteiger partial charge is 0.338 e. The van der Waals surface area contributed by atoms with E-state index in [4.69, 9.17) is 18.9 Å². The number of fused-ring (bicyclic) bond motifs is 1. The predicted molar refractivity (Wildman–Crippen MR) is 150 cm³/mol. The third-order valence-corrected chi connectivity index (χ3v) is 9.71. The van der Waals surface area contributed by atoms with Crippen LogP contribution in [0.2, 0.25) is 0 Å². The summed E-state index contributed by atoms with van der Waals surface area (Å²) in [5, 5.41) is 12.3. The molecule has 2 aromatic rings. The number of hydrogen-bond acceptors (Lipinski definition) is 9. The maximum atomic E-state index is 13.6. The van der Waals surface area contributed by atoms with E-state index in [0.717, 1.165) is 0 Å². The number of hydrogen-bond donors (Lipinski definition) is 1. The van der Waals surface area contributed by atoms with Crippen LogP contribution >= 0.6 is 0 Å². The monoisotopic (exact) mass is 578 g/mol. The summed E-state index contributed by atoms with van der Waals surface area (Å²) in [5.41, 5.74) is -5.38. The van der Waals surface area contributed by atoms with Gasteiger partial charge in [0, 0.05) is 12.8 Å². The maximum absolute atomic E-state index is 13.6. The number of rotatable bonds is 6. The zero-order valence-corrected chi connectivity index (χ0v) is 24.8. The van der Waals surface area contributed by atoms with Crippen LogP contribution in [0.3, 0.4) is 0 Å². The summed E-state index contributed by atoms with van der Waals surface area (Å²) < 4.78 is 25.3. The third kappa shape index (κ3) is 4.45. The van der Waals surface area contributed by atoms with E-state index >= 15 is 0 Å². The molecular formula is C33H38O9. The summed E-state index contributed by atoms with van der Waals surface area (Å²) >= 11 is 0. The molecule has 9 nitrogen and oxygen atoms in total. The Morgan fingerprint density at radius 3 is 1.81 bits per heavy atom. The number of aliphatic hydroxyl groups is 1. The molecular weight excluding hydrogens is 540 g/mol. The topological polar surface area (TPSA) is 125 Å². The molecule has 1 N–H and O–H groups in total. The Labute approximate surface area is 245 Å². The number of ether oxygens (including phenoxy) is 4. The average Bonchev–Trinajstić information content (AvgIpc) is 3.11. The van der Waals surface area contributed by atoms with Crippen LogP contribution in [-0.2, 0) is 28.5 Å². The Morgan fingerprint density at radius 2 is 1.31 bits per heavy atom. The lowest BCUT2D eigenvalue weighted by Crippen LogP contribution is -2.81. The normalized spacial score (nSPS) is 36.3. The Hall–Kier alpha value is -3.56. The van der Waals surface area contributed by atoms with Gasteiger partial charge in [0.25, 0.3) is 0 Å². The van der Waals surface area contributed by atoms with Crippen LogP contribution in [0.4, 0.5) is 0 Å². The second-order valence-corrected chi connectivity index (χ2v) is 12.7. The minimum atomic E-state index is -1.77. The first-order valence-electron chi connectivity index (χ1n) is 14.3. The highest BCUT2D eigenvalue weighted by Crippen LogP contribution is 2.69. The van der Waals surface area contributed by atoms with Crippen molar-refractivity contribution in [3.8, 4) is 0 Å². The molecule has 0 radical (unpaired) electrons. The second kappa shape index (κ2) is 10.3. The molecule has 0 unspecified atom stereocenters. The van der Waals surface area contributed by atoms with Gasteiger partial charge >= 0.3 is 17.9 Å². The van der Waals surface area contributed by atoms with Crippen molar-refractivity contribution in [2.75, 3.05) is 0 Å². The molecule has 3 aliphatic rings. The molecule has 5 rings (SSSR count). The van der Waals surface area contributed by atoms with Crippen LogP contribution in [0.5, 0.6) is 0 Å². The second-order valence-electron chi connectivity index (χ2n) is 12.7. The van der Waals surface area contributed by atoms with Crippen molar-refractivity contribution < 1.29 is 43.2 Å². The molecule has 8 atom stereocenters. The Kier molecular flexibility index (Phi) is 7.34. The maximum Gasteiger partial charge on any atom is 0.338 e. The fraction of sp³-hybridized carbons (Fsp3) is 0.515. The number of ketones is 1. The molecule has 2 aliphatic carbocycles. The molecule has 2 aromatic carbocycles. The lowest BCUT2D eigenvalue weighted by Gasteiger charge is -2.65. The molecule has 9 heteroatoms. The van der Waals surface area contributed by atoms with Crippen LogP contribution in [0, 0.1) is 17.3 Å². The fourth-order valence-corrected chi connectivity index (χ4v) is 7.84. The van der Waals surface area contributed by atoms with E-state index < -0.39 is 70.3 Å². The van der Waals surface area contributed by atoms with Gasteiger partial charge in [-0.05, 0) is 71.7 Å². The van der Waals surface area contributed by atoms with Crippen molar-refractivity contribution in [3.05, 3.63) is 71.8 Å². The molecule has 1 saturated heterocycles. The van der Waals surface area contributed by atoms with Crippen molar-refractivity contribution in [1.82, 2.24) is 0 Å². The number of carbonyl (C=O) groups is 4. The largest absolute Gasteiger partial charge is 0.459 e. The molecule has 0 aromatic heterocycles. The first kappa shape index (κ1) is 29.9. The lowest BCUT2D eigenvalue weighted by molar-refractivity contribution is -0.333. The SMILES string of the molecule is CC(=O)O[C@@H]1[C@H]2C[C@H](OC(=O)c3ccccc3)[C@]3(C)[C@@H](OC(=O)c4ccccc4)[C@H](C(C)=O)C[C@](C)(O)[C@@]13OC2(C)C. The van der Waals surface area contributed by atoms with Gasteiger partial charge in [0.2, 0.25) is 0 Å². The molecule has 2 saturated carbocycles. The predicted octanol–water partition coefficient (Wildman–Crippen LogP) is 4.30. The van der Waals surface area contributed by atoms with Crippen molar-refractivity contribution in [3.63, 3.8) is 0 Å². The molecule has 1 heterocycles. The van der Waals surface area contributed by atoms with Crippen molar-refractivity contribution >= 4 is 23.7 Å². The molecule has 1 aliphatic heterocycles. The van der Waals surface area contributed by atoms with Gasteiger partial charge in [-0.25, -0.2) is 9.59 Å². The van der Waals surface area contributed by atoms with Gasteiger partial charge in [-0.3, -0.25) is 9.59 Å². The highest BCUT2D eigenvalue weighted by Gasteiger charge is 2.84.